The van der Waals surface area contributed by atoms with Gasteiger partial charge in [0.2, 0.25) is 11.4 Å². The maximum Gasteiger partial charge on any atom is 0.432 e. The van der Waals surface area contributed by atoms with Gasteiger partial charge in [-0.1, -0.05) is 12.1 Å². The summed E-state index contributed by atoms with van der Waals surface area (Å²) in [5, 5.41) is 32.9. The molecule has 1 aliphatic rings. The van der Waals surface area contributed by atoms with Gasteiger partial charge in [-0.15, -0.1) is 0 Å². The number of aliphatic hydroxyl groups is 2. The molecule has 5 atom stereocenters. The predicted octanol–water partition coefficient (Wildman–Crippen LogP) is 2.14. The zero-order valence-electron chi connectivity index (χ0n) is 18.0. The summed E-state index contributed by atoms with van der Waals surface area (Å²) in [4.78, 5) is 35.5. The molecular formula is C19H20F6N2O8. The van der Waals surface area contributed by atoms with E-state index in [1.807, 2.05) is 0 Å². The van der Waals surface area contributed by atoms with Crippen LogP contribution in [-0.4, -0.2) is 64.1 Å². The van der Waals surface area contributed by atoms with Gasteiger partial charge in [-0.25, -0.2) is 5.32 Å². The number of hydrogen-bond acceptors (Lipinski definition) is 9. The Kier molecular flexibility index (Phi) is 7.73. The van der Waals surface area contributed by atoms with Gasteiger partial charge in [0.1, 0.15) is 11.8 Å². The number of benzene rings is 1. The summed E-state index contributed by atoms with van der Waals surface area (Å²) in [5.74, 6) is -12.5. The smallest absolute Gasteiger partial charge is 0.432 e. The van der Waals surface area contributed by atoms with Crippen LogP contribution in [0.4, 0.5) is 32.0 Å². The van der Waals surface area contributed by atoms with Gasteiger partial charge in [0, 0.05) is 18.1 Å². The highest BCUT2D eigenvalue weighted by molar-refractivity contribution is 5.81. The number of carbonyl (C=O) groups is 2. The van der Waals surface area contributed by atoms with Gasteiger partial charge >= 0.3 is 24.3 Å². The highest BCUT2D eigenvalue weighted by Gasteiger charge is 2.78. The van der Waals surface area contributed by atoms with Gasteiger partial charge in [0.25, 0.3) is 5.69 Å². The fraction of sp³-hybridized carbons (Fsp3) is 0.579. The Morgan fingerprint density at radius 3 is 1.77 bits per heavy atom. The van der Waals surface area contributed by atoms with Crippen LogP contribution in [0.1, 0.15) is 25.3 Å². The molecule has 0 amide bonds. The van der Waals surface area contributed by atoms with E-state index in [4.69, 9.17) is 0 Å². The third-order valence-corrected chi connectivity index (χ3v) is 5.41. The number of nitrogens with zero attached hydrogens (tertiary/aromatic N) is 1. The Morgan fingerprint density at radius 1 is 1.00 bits per heavy atom. The fourth-order valence-electron chi connectivity index (χ4n) is 3.98. The summed E-state index contributed by atoms with van der Waals surface area (Å²) < 4.78 is 93.5. The van der Waals surface area contributed by atoms with E-state index >= 15 is 0 Å². The highest BCUT2D eigenvalue weighted by atomic mass is 19.4. The summed E-state index contributed by atoms with van der Waals surface area (Å²) in [6, 6.07) is 3.03. The van der Waals surface area contributed by atoms with Crippen LogP contribution >= 0.6 is 0 Å². The van der Waals surface area contributed by atoms with Crippen molar-refractivity contribution in [1.82, 2.24) is 5.32 Å². The average molecular weight is 518 g/mol. The van der Waals surface area contributed by atoms with Crippen LogP contribution in [0.3, 0.4) is 0 Å². The van der Waals surface area contributed by atoms with Gasteiger partial charge in [0.05, 0.1) is 18.1 Å². The molecule has 0 aliphatic carbocycles. The van der Waals surface area contributed by atoms with Crippen LogP contribution < -0.4 is 5.32 Å². The number of nitrogens with one attached hydrogen (secondary N) is 1. The number of ether oxygens (including phenoxy) is 2. The maximum absolute atomic E-state index is 14.1. The molecule has 1 aliphatic heterocycles. The second-order valence-electron chi connectivity index (χ2n) is 7.49. The van der Waals surface area contributed by atoms with Gasteiger partial charge < -0.3 is 19.7 Å². The molecule has 196 valence electrons. The van der Waals surface area contributed by atoms with Crippen LogP contribution in [0.2, 0.25) is 0 Å². The Morgan fingerprint density at radius 2 is 1.43 bits per heavy atom. The second-order valence-corrected chi connectivity index (χ2v) is 7.49. The number of hydrogen-bond donors (Lipinski definition) is 3. The minimum atomic E-state index is -6.05. The monoisotopic (exact) mass is 518 g/mol. The first-order valence-electron chi connectivity index (χ1n) is 9.91. The van der Waals surface area contributed by atoms with Gasteiger partial charge in [-0.2, -0.15) is 26.3 Å². The van der Waals surface area contributed by atoms with Crippen molar-refractivity contribution >= 4 is 17.6 Å². The number of alkyl halides is 6. The standard InChI is InChI=1S/C19H20F6N2O8/c1-3-34-14(28)12-11(9-6-5-7-10(8-9)27(32)33)13(15(29)35-4-2)17(31,19(23,24)25)26-16(12,30)18(20,21)22/h5-8,11-13,26,30-31H,3-4H2,1-2H3/t11?,12-,13+,16-,17+. The van der Waals surface area contributed by atoms with E-state index in [1.165, 1.54) is 0 Å². The molecule has 1 saturated heterocycles. The average Bonchev–Trinajstić information content (AvgIpc) is 2.71. The van der Waals surface area contributed by atoms with Crippen molar-refractivity contribution in [2.45, 2.75) is 43.6 Å². The van der Waals surface area contributed by atoms with Crippen LogP contribution in [0, 0.1) is 22.0 Å². The molecular weight excluding hydrogens is 498 g/mol. The predicted molar refractivity (Wildman–Crippen MR) is 101 cm³/mol. The van der Waals surface area contributed by atoms with Crippen molar-refractivity contribution in [2.75, 3.05) is 13.2 Å². The molecule has 1 aromatic rings. The molecule has 16 heteroatoms. The number of nitro benzene ring substituents is 1. The number of carbonyl (C=O) groups excluding carboxylic acids is 2. The van der Waals surface area contributed by atoms with Crippen LogP contribution in [-0.2, 0) is 19.1 Å². The molecule has 1 fully saturated rings. The first kappa shape index (κ1) is 28.3. The van der Waals surface area contributed by atoms with Crippen LogP contribution in [0.5, 0.6) is 0 Å². The number of non-ortho nitro benzene ring substituents is 1. The van der Waals surface area contributed by atoms with Gasteiger partial charge in [0.15, 0.2) is 0 Å². The van der Waals surface area contributed by atoms with E-state index in [0.29, 0.717) is 11.4 Å². The van der Waals surface area contributed by atoms with Crippen molar-refractivity contribution in [2.24, 2.45) is 11.8 Å². The third-order valence-electron chi connectivity index (χ3n) is 5.41. The van der Waals surface area contributed by atoms with Crippen molar-refractivity contribution in [1.29, 1.82) is 0 Å². The summed E-state index contributed by atoms with van der Waals surface area (Å²) in [7, 11) is 0. The zero-order chi connectivity index (χ0) is 27.0. The van der Waals surface area contributed by atoms with E-state index in [2.05, 4.69) is 9.47 Å². The molecule has 0 spiro atoms. The minimum Gasteiger partial charge on any atom is -0.466 e. The Labute approximate surface area is 193 Å². The molecule has 2 rings (SSSR count). The lowest BCUT2D eigenvalue weighted by atomic mass is 9.64. The van der Waals surface area contributed by atoms with E-state index in [9.17, 15) is 56.3 Å². The number of piperidine rings is 1. The molecule has 0 saturated carbocycles. The van der Waals surface area contributed by atoms with Crippen molar-refractivity contribution < 1.29 is 60.5 Å². The van der Waals surface area contributed by atoms with Crippen LogP contribution in [0.25, 0.3) is 0 Å². The van der Waals surface area contributed by atoms with Crippen molar-refractivity contribution in [3.05, 3.63) is 39.9 Å². The van der Waals surface area contributed by atoms with Gasteiger partial charge in [-0.3, -0.25) is 19.7 Å². The quantitative estimate of drug-likeness (QED) is 0.223. The molecule has 10 nitrogen and oxygen atoms in total. The summed E-state index contributed by atoms with van der Waals surface area (Å²) >= 11 is 0. The Balaban J connectivity index is 3.02. The second kappa shape index (κ2) is 9.58. The molecule has 0 aromatic heterocycles. The van der Waals surface area contributed by atoms with Gasteiger partial charge in [-0.05, 0) is 19.4 Å². The summed E-state index contributed by atoms with van der Waals surface area (Å²) in [6.45, 7) is 1.13. The van der Waals surface area contributed by atoms with E-state index < -0.39 is 82.9 Å². The lowest BCUT2D eigenvalue weighted by Gasteiger charge is -2.54. The number of halogens is 6. The normalized spacial score (nSPS) is 29.4. The molecule has 0 bridgehead atoms. The van der Waals surface area contributed by atoms with E-state index in [-0.39, 0.29) is 0 Å². The molecule has 35 heavy (non-hydrogen) atoms. The molecule has 1 aromatic carbocycles. The first-order valence-corrected chi connectivity index (χ1v) is 9.91. The molecule has 1 heterocycles. The SMILES string of the molecule is CCOC(=O)[C@@H]1C(c2cccc([N+](=O)[O-])c2)[C@H](C(=O)OCC)[C@@](O)(C(F)(F)F)N[C@@]1(O)C(F)(F)F. The molecule has 0 radical (unpaired) electrons. The number of rotatable bonds is 6. The third kappa shape index (κ3) is 4.90. The molecule has 3 N–H and O–H groups in total. The minimum absolute atomic E-state index is 0.516. The Bertz CT molecular complexity index is 939. The van der Waals surface area contributed by atoms with Crippen molar-refractivity contribution in [3.63, 3.8) is 0 Å². The fourth-order valence-corrected chi connectivity index (χ4v) is 3.98. The molecule has 1 unspecified atom stereocenters. The topological polar surface area (TPSA) is 148 Å². The summed E-state index contributed by atoms with van der Waals surface area (Å²) in [6.07, 6.45) is -12.1. The van der Waals surface area contributed by atoms with Crippen LogP contribution in [0.15, 0.2) is 24.3 Å². The largest absolute Gasteiger partial charge is 0.466 e. The van der Waals surface area contributed by atoms with E-state index in [0.717, 1.165) is 32.0 Å². The maximum atomic E-state index is 14.1. The first-order chi connectivity index (χ1) is 16.0. The lowest BCUT2D eigenvalue weighted by Crippen LogP contribution is -2.81. The zero-order valence-corrected chi connectivity index (χ0v) is 18.0. The number of esters is 2. The highest BCUT2D eigenvalue weighted by Crippen LogP contribution is 2.55. The van der Waals surface area contributed by atoms with Crippen molar-refractivity contribution in [3.8, 4) is 0 Å². The lowest BCUT2D eigenvalue weighted by molar-refractivity contribution is -0.385. The number of nitro groups is 1. The summed E-state index contributed by atoms with van der Waals surface area (Å²) in [5.41, 5.74) is -11.2. The Hall–Kier alpha value is -2.98. The van der Waals surface area contributed by atoms with E-state index in [1.54, 1.807) is 0 Å².